The molecule has 0 aliphatic rings. The maximum absolute atomic E-state index is 11.7. The van der Waals surface area contributed by atoms with Gasteiger partial charge in [0.25, 0.3) is 10.1 Å². The van der Waals surface area contributed by atoms with Gasteiger partial charge in [-0.15, -0.1) is 0 Å². The minimum atomic E-state index is -5.20. The summed E-state index contributed by atoms with van der Waals surface area (Å²) < 4.78 is 32.2. The van der Waals surface area contributed by atoms with Gasteiger partial charge in [-0.05, 0) is 19.3 Å². The topological polar surface area (TPSA) is 135 Å². The van der Waals surface area contributed by atoms with Crippen molar-refractivity contribution in [3.8, 4) is 0 Å². The molecule has 0 bridgehead atoms. The first-order valence-corrected chi connectivity index (χ1v) is 9.09. The number of carboxylic acid groups (broad SMARTS) is 2. The molecule has 0 rings (SSSR count). The molecule has 3 unspecified atom stereocenters. The fourth-order valence-electron chi connectivity index (χ4n) is 2.84. The van der Waals surface area contributed by atoms with E-state index in [1.165, 1.54) is 13.0 Å². The Bertz CT molecular complexity index is 548. The monoisotopic (exact) mass is 394 g/mol. The molecule has 0 aliphatic heterocycles. The number of rotatable bonds is 11. The molecule has 0 radical (unpaired) electrons. The number of aliphatic carboxylic acids is 2. The zero-order valence-electron chi connectivity index (χ0n) is 15.6. The van der Waals surface area contributed by atoms with Crippen LogP contribution in [0.5, 0.6) is 0 Å². The number of unbranched alkanes of at least 4 members (excludes halogenated alkanes) is 1. The van der Waals surface area contributed by atoms with E-state index in [2.05, 4.69) is 0 Å². The van der Waals surface area contributed by atoms with Crippen LogP contribution in [-0.4, -0.2) is 30.2 Å². The van der Waals surface area contributed by atoms with Gasteiger partial charge in [-0.1, -0.05) is 51.7 Å². The molecular weight excluding hydrogens is 370 g/mol. The van der Waals surface area contributed by atoms with E-state index >= 15 is 0 Å². The Morgan fingerprint density at radius 3 is 2.00 bits per heavy atom. The molecule has 3 atom stereocenters. The molecule has 0 saturated carbocycles. The number of hydrogen-bond acceptors (Lipinski definition) is 6. The van der Waals surface area contributed by atoms with Crippen LogP contribution in [0.15, 0.2) is 12.2 Å². The Hall–Kier alpha value is 0.590. The van der Waals surface area contributed by atoms with Crippen LogP contribution in [-0.2, 0) is 19.7 Å². The number of carboxylic acids is 2. The molecule has 0 aromatic carbocycles. The van der Waals surface area contributed by atoms with Crippen LogP contribution >= 0.6 is 0 Å². The second-order valence-electron chi connectivity index (χ2n) is 5.66. The van der Waals surface area contributed by atoms with Gasteiger partial charge in [-0.3, -0.25) is 4.55 Å². The molecule has 0 spiro atoms. The number of carbonyl (C=O) groups excluding carboxylic acids is 2. The second-order valence-corrected chi connectivity index (χ2v) is 7.16. The van der Waals surface area contributed by atoms with E-state index in [-0.39, 0.29) is 71.5 Å². The third kappa shape index (κ3) is 8.88. The van der Waals surface area contributed by atoms with E-state index < -0.39 is 32.7 Å². The van der Waals surface area contributed by atoms with Crippen LogP contribution in [0.2, 0.25) is 0 Å². The van der Waals surface area contributed by atoms with E-state index in [1.807, 2.05) is 6.92 Å². The summed E-state index contributed by atoms with van der Waals surface area (Å²) in [6.45, 7) is 5.19. The zero-order valence-corrected chi connectivity index (χ0v) is 20.5. The summed E-state index contributed by atoms with van der Waals surface area (Å²) in [7, 11) is -5.20. The van der Waals surface area contributed by atoms with Crippen LogP contribution < -0.4 is 69.3 Å². The van der Waals surface area contributed by atoms with Gasteiger partial charge in [0.2, 0.25) is 0 Å². The molecule has 7 nitrogen and oxygen atoms in total. The average Bonchev–Trinajstić information content (AvgIpc) is 2.41. The Morgan fingerprint density at radius 2 is 1.72 bits per heavy atom. The molecule has 0 aromatic heterocycles. The van der Waals surface area contributed by atoms with Crippen LogP contribution in [0.25, 0.3) is 0 Å². The first kappa shape index (κ1) is 30.3. The van der Waals surface area contributed by atoms with Gasteiger partial charge in [-0.2, -0.15) is 8.42 Å². The van der Waals surface area contributed by atoms with Gasteiger partial charge in [0.05, 0.1) is 17.4 Å². The summed E-state index contributed by atoms with van der Waals surface area (Å²) in [6.07, 6.45) is 4.74. The van der Waals surface area contributed by atoms with E-state index in [1.54, 1.807) is 6.92 Å². The molecular formula is C15H24Na2O7S. The van der Waals surface area contributed by atoms with Gasteiger partial charge >= 0.3 is 59.1 Å². The van der Waals surface area contributed by atoms with Crippen molar-refractivity contribution in [1.29, 1.82) is 0 Å². The van der Waals surface area contributed by atoms with Gasteiger partial charge in [0, 0.05) is 0 Å². The van der Waals surface area contributed by atoms with E-state index in [9.17, 15) is 32.8 Å². The summed E-state index contributed by atoms with van der Waals surface area (Å²) in [4.78, 5) is 23.0. The van der Waals surface area contributed by atoms with Gasteiger partial charge in [-0.25, -0.2) is 0 Å². The average molecular weight is 394 g/mol. The van der Waals surface area contributed by atoms with Crippen molar-refractivity contribution in [1.82, 2.24) is 0 Å². The van der Waals surface area contributed by atoms with Crippen molar-refractivity contribution in [3.05, 3.63) is 12.2 Å². The third-order valence-electron chi connectivity index (χ3n) is 3.99. The normalized spacial score (nSPS) is 16.2. The maximum Gasteiger partial charge on any atom is 1.00 e. The van der Waals surface area contributed by atoms with E-state index in [4.69, 9.17) is 0 Å². The quantitative estimate of drug-likeness (QED) is 0.209. The van der Waals surface area contributed by atoms with E-state index in [0.717, 1.165) is 18.9 Å². The van der Waals surface area contributed by atoms with Crippen molar-refractivity contribution in [2.45, 2.75) is 58.1 Å². The van der Waals surface area contributed by atoms with Gasteiger partial charge in [0.1, 0.15) is 5.25 Å². The molecule has 134 valence electrons. The molecule has 0 aromatic rings. The van der Waals surface area contributed by atoms with Crippen molar-refractivity contribution in [3.63, 3.8) is 0 Å². The summed E-state index contributed by atoms with van der Waals surface area (Å²) in [5.74, 6) is -4.26. The summed E-state index contributed by atoms with van der Waals surface area (Å²) in [6, 6.07) is 0. The largest absolute Gasteiger partial charge is 1.00 e. The van der Waals surface area contributed by atoms with Crippen LogP contribution in [0.3, 0.4) is 0 Å². The van der Waals surface area contributed by atoms with Crippen LogP contribution in [0.4, 0.5) is 0 Å². The summed E-state index contributed by atoms with van der Waals surface area (Å²) in [5, 5.41) is 20.4. The first-order valence-electron chi connectivity index (χ1n) is 7.59. The fraction of sp³-hybridized carbons (Fsp3) is 0.733. The summed E-state index contributed by atoms with van der Waals surface area (Å²) >= 11 is 0. The predicted molar refractivity (Wildman–Crippen MR) is 80.5 cm³/mol. The third-order valence-corrected chi connectivity index (χ3v) is 5.20. The number of carbonyl (C=O) groups is 2. The Labute approximate surface area is 194 Å². The molecule has 1 N–H and O–H groups in total. The van der Waals surface area contributed by atoms with Crippen LogP contribution in [0, 0.1) is 11.3 Å². The fourth-order valence-corrected chi connectivity index (χ4v) is 3.88. The molecule has 25 heavy (non-hydrogen) atoms. The Kier molecular flexibility index (Phi) is 16.6. The van der Waals surface area contributed by atoms with Gasteiger partial charge in [0.15, 0.2) is 0 Å². The summed E-state index contributed by atoms with van der Waals surface area (Å²) in [5.41, 5.74) is -2.38. The molecule has 0 fully saturated rings. The number of hydrogen-bond donors (Lipinski definition) is 1. The molecule has 10 heteroatoms. The SMILES string of the molecule is C/C=C\C(CC(CC)CCCC)(C(=O)[O-])C(C(=O)[O-])S(=O)(=O)O.[Na+].[Na+]. The molecule has 0 aliphatic carbocycles. The maximum atomic E-state index is 11.7. The van der Waals surface area contributed by atoms with Crippen LogP contribution in [0.1, 0.15) is 52.9 Å². The van der Waals surface area contributed by atoms with Crippen molar-refractivity contribution in [2.75, 3.05) is 0 Å². The molecule has 0 saturated heterocycles. The first-order chi connectivity index (χ1) is 10.6. The second kappa shape index (κ2) is 13.7. The van der Waals surface area contributed by atoms with Crippen molar-refractivity contribution >= 4 is 22.1 Å². The van der Waals surface area contributed by atoms with E-state index in [0.29, 0.717) is 12.8 Å². The Balaban J connectivity index is -0.00000242. The predicted octanol–water partition coefficient (Wildman–Crippen LogP) is -6.08. The minimum absolute atomic E-state index is 0. The Morgan fingerprint density at radius 1 is 1.20 bits per heavy atom. The van der Waals surface area contributed by atoms with Crippen molar-refractivity contribution in [2.24, 2.45) is 11.3 Å². The smallest absolute Gasteiger partial charge is 0.549 e. The zero-order chi connectivity index (χ0) is 18.3. The minimum Gasteiger partial charge on any atom is -0.549 e. The number of allylic oxidation sites excluding steroid dienone is 1. The van der Waals surface area contributed by atoms with Gasteiger partial charge < -0.3 is 19.8 Å². The van der Waals surface area contributed by atoms with Crippen molar-refractivity contribution < 1.29 is 91.9 Å². The molecule has 0 amide bonds. The molecule has 0 heterocycles. The standard InChI is InChI=1S/C15H26O7S.2Na/c1-4-7-8-11(6-3)10-15(9-5-2,14(18)19)12(13(16)17)23(20,21)22;;/h5,9,11-12H,4,6-8,10H2,1-3H3,(H,16,17)(H,18,19)(H,20,21,22);;/q;2*+1/p-2/b9-5-;;.